The number of aromatic nitrogens is 4. The monoisotopic (exact) mass is 239 g/mol. The van der Waals surface area contributed by atoms with E-state index in [1.807, 2.05) is 6.92 Å². The normalized spacial score (nSPS) is 10.6. The van der Waals surface area contributed by atoms with Gasteiger partial charge in [-0.1, -0.05) is 6.92 Å². The molecule has 16 heavy (non-hydrogen) atoms. The van der Waals surface area contributed by atoms with E-state index in [0.717, 1.165) is 6.42 Å². The molecule has 0 aromatic carbocycles. The summed E-state index contributed by atoms with van der Waals surface area (Å²) in [6.07, 6.45) is 2.69. The van der Waals surface area contributed by atoms with Crippen LogP contribution in [0.25, 0.3) is 11.2 Å². The third-order valence-electron chi connectivity index (χ3n) is 1.99. The molecule has 0 aliphatic rings. The minimum Gasteiger partial charge on any atom is -0.340 e. The predicted octanol–water partition coefficient (Wildman–Crippen LogP) is 1.74. The number of rotatable bonds is 3. The van der Waals surface area contributed by atoms with E-state index in [4.69, 9.17) is 11.6 Å². The van der Waals surface area contributed by atoms with E-state index in [9.17, 15) is 4.79 Å². The first-order valence-electron chi connectivity index (χ1n) is 4.87. The maximum atomic E-state index is 11.4. The lowest BCUT2D eigenvalue weighted by atomic mass is 10.3. The van der Waals surface area contributed by atoms with Gasteiger partial charge in [0.15, 0.2) is 11.5 Å². The van der Waals surface area contributed by atoms with Crippen LogP contribution in [0.15, 0.2) is 6.33 Å². The Bertz CT molecular complexity index is 524. The summed E-state index contributed by atoms with van der Waals surface area (Å²) >= 11 is 5.71. The van der Waals surface area contributed by atoms with Crippen molar-refractivity contribution >= 4 is 34.5 Å². The van der Waals surface area contributed by atoms with Crippen LogP contribution in [0, 0.1) is 0 Å². The van der Waals surface area contributed by atoms with Crippen molar-refractivity contribution in [3.63, 3.8) is 0 Å². The minimum absolute atomic E-state index is 0.0615. The van der Waals surface area contributed by atoms with Crippen LogP contribution in [0.3, 0.4) is 0 Å². The number of H-pyrrole nitrogens is 1. The number of aromatic amines is 1. The Kier molecular flexibility index (Phi) is 3.00. The van der Waals surface area contributed by atoms with E-state index < -0.39 is 0 Å². The summed E-state index contributed by atoms with van der Waals surface area (Å²) in [5, 5.41) is 2.73. The van der Waals surface area contributed by atoms with Crippen LogP contribution in [0.4, 0.5) is 5.82 Å². The summed E-state index contributed by atoms with van der Waals surface area (Å²) in [4.78, 5) is 26.1. The number of imidazole rings is 1. The Morgan fingerprint density at radius 1 is 1.56 bits per heavy atom. The maximum absolute atomic E-state index is 11.4. The second-order valence-corrected chi connectivity index (χ2v) is 3.58. The Morgan fingerprint density at radius 2 is 2.38 bits per heavy atom. The first kappa shape index (κ1) is 10.8. The quantitative estimate of drug-likeness (QED) is 0.800. The summed E-state index contributed by atoms with van der Waals surface area (Å²) in [6.45, 7) is 1.93. The molecule has 6 nitrogen and oxygen atoms in total. The molecule has 0 radical (unpaired) electrons. The Labute approximate surface area is 96.5 Å². The van der Waals surface area contributed by atoms with Gasteiger partial charge in [0.1, 0.15) is 5.52 Å². The highest BCUT2D eigenvalue weighted by atomic mass is 35.5. The second-order valence-electron chi connectivity index (χ2n) is 3.24. The van der Waals surface area contributed by atoms with Crippen LogP contribution in [0.1, 0.15) is 19.8 Å². The minimum atomic E-state index is -0.104. The van der Waals surface area contributed by atoms with Gasteiger partial charge in [-0.2, -0.15) is 9.97 Å². The lowest BCUT2D eigenvalue weighted by Gasteiger charge is -2.04. The smallest absolute Gasteiger partial charge is 0.226 e. The van der Waals surface area contributed by atoms with Crippen LogP contribution < -0.4 is 5.32 Å². The average molecular weight is 240 g/mol. The largest absolute Gasteiger partial charge is 0.340 e. The van der Waals surface area contributed by atoms with Crippen molar-refractivity contribution in [1.29, 1.82) is 0 Å². The Hall–Kier alpha value is -1.69. The van der Waals surface area contributed by atoms with E-state index in [1.165, 1.54) is 6.33 Å². The molecule has 0 saturated carbocycles. The number of hydrogen-bond donors (Lipinski definition) is 2. The van der Waals surface area contributed by atoms with Gasteiger partial charge >= 0.3 is 0 Å². The summed E-state index contributed by atoms with van der Waals surface area (Å²) in [5.74, 6) is 0.263. The molecule has 0 fully saturated rings. The van der Waals surface area contributed by atoms with Crippen LogP contribution >= 0.6 is 11.6 Å². The number of carbonyl (C=O) groups is 1. The van der Waals surface area contributed by atoms with Crippen molar-refractivity contribution in [3.8, 4) is 0 Å². The molecule has 0 aliphatic carbocycles. The fourth-order valence-corrected chi connectivity index (χ4v) is 1.48. The average Bonchev–Trinajstić information content (AvgIpc) is 2.65. The molecule has 0 unspecified atom stereocenters. The Balaban J connectivity index is 2.35. The molecule has 2 rings (SSSR count). The van der Waals surface area contributed by atoms with Crippen LogP contribution in [-0.2, 0) is 4.79 Å². The summed E-state index contributed by atoms with van der Waals surface area (Å²) < 4.78 is 0. The first-order chi connectivity index (χ1) is 7.70. The van der Waals surface area contributed by atoms with Crippen molar-refractivity contribution in [1.82, 2.24) is 19.9 Å². The van der Waals surface area contributed by atoms with Gasteiger partial charge in [-0.05, 0) is 18.0 Å². The van der Waals surface area contributed by atoms with Crippen LogP contribution in [-0.4, -0.2) is 25.8 Å². The van der Waals surface area contributed by atoms with E-state index in [0.29, 0.717) is 23.4 Å². The molecule has 0 aliphatic heterocycles. The second kappa shape index (κ2) is 4.44. The molecule has 2 aromatic heterocycles. The third-order valence-corrected chi connectivity index (χ3v) is 2.16. The highest BCUT2D eigenvalue weighted by Gasteiger charge is 2.10. The number of anilines is 1. The van der Waals surface area contributed by atoms with E-state index in [1.54, 1.807) is 0 Å². The molecule has 7 heteroatoms. The van der Waals surface area contributed by atoms with Crippen molar-refractivity contribution in [2.75, 3.05) is 5.32 Å². The zero-order chi connectivity index (χ0) is 11.5. The molecule has 0 spiro atoms. The maximum Gasteiger partial charge on any atom is 0.226 e. The zero-order valence-corrected chi connectivity index (χ0v) is 9.38. The van der Waals surface area contributed by atoms with Crippen molar-refractivity contribution in [2.45, 2.75) is 19.8 Å². The third kappa shape index (κ3) is 2.11. The van der Waals surface area contributed by atoms with Gasteiger partial charge in [0.05, 0.1) is 6.33 Å². The zero-order valence-electron chi connectivity index (χ0n) is 8.62. The summed E-state index contributed by atoms with van der Waals surface area (Å²) in [7, 11) is 0. The van der Waals surface area contributed by atoms with Crippen molar-refractivity contribution in [3.05, 3.63) is 11.6 Å². The van der Waals surface area contributed by atoms with E-state index >= 15 is 0 Å². The molecule has 0 atom stereocenters. The highest BCUT2D eigenvalue weighted by Crippen LogP contribution is 2.18. The van der Waals surface area contributed by atoms with Crippen molar-refractivity contribution < 1.29 is 4.79 Å². The van der Waals surface area contributed by atoms with Gasteiger partial charge in [0.2, 0.25) is 11.2 Å². The lowest BCUT2D eigenvalue weighted by molar-refractivity contribution is -0.116. The SMILES string of the molecule is CCCC(=O)Nc1nc(Cl)nc2nc[nH]c12. The van der Waals surface area contributed by atoms with Crippen LogP contribution in [0.5, 0.6) is 0 Å². The number of halogens is 1. The molecule has 0 bridgehead atoms. The number of amides is 1. The van der Waals surface area contributed by atoms with Gasteiger partial charge in [-0.3, -0.25) is 4.79 Å². The number of fused-ring (bicyclic) bond motifs is 1. The van der Waals surface area contributed by atoms with Gasteiger partial charge in [-0.15, -0.1) is 0 Å². The first-order valence-corrected chi connectivity index (χ1v) is 5.25. The fourth-order valence-electron chi connectivity index (χ4n) is 1.32. The topological polar surface area (TPSA) is 83.6 Å². The molecule has 0 saturated heterocycles. The van der Waals surface area contributed by atoms with E-state index in [2.05, 4.69) is 25.3 Å². The molecule has 2 aromatic rings. The molecular weight excluding hydrogens is 230 g/mol. The molecule has 84 valence electrons. The fraction of sp³-hybridized carbons (Fsp3) is 0.333. The summed E-state index contributed by atoms with van der Waals surface area (Å²) in [6, 6.07) is 0. The number of hydrogen-bond acceptors (Lipinski definition) is 4. The molecule has 2 heterocycles. The van der Waals surface area contributed by atoms with Crippen LogP contribution in [0.2, 0.25) is 5.28 Å². The number of nitrogens with zero attached hydrogens (tertiary/aromatic N) is 3. The van der Waals surface area contributed by atoms with Gasteiger partial charge in [-0.25, -0.2) is 4.98 Å². The number of nitrogens with one attached hydrogen (secondary N) is 2. The Morgan fingerprint density at radius 3 is 3.12 bits per heavy atom. The van der Waals surface area contributed by atoms with Gasteiger partial charge < -0.3 is 10.3 Å². The standard InChI is InChI=1S/C9H10ClN5O/c1-2-3-5(16)13-8-6-7(12-4-11-6)14-9(10)15-8/h4H,2-3H2,1H3,(H2,11,12,13,14,15,16). The van der Waals surface area contributed by atoms with Gasteiger partial charge in [0, 0.05) is 6.42 Å². The lowest BCUT2D eigenvalue weighted by Crippen LogP contribution is -2.12. The predicted molar refractivity (Wildman–Crippen MR) is 60.2 cm³/mol. The van der Waals surface area contributed by atoms with Gasteiger partial charge in [0.25, 0.3) is 0 Å². The molecule has 1 amide bonds. The molecule has 2 N–H and O–H groups in total. The van der Waals surface area contributed by atoms with E-state index in [-0.39, 0.29) is 11.2 Å². The highest BCUT2D eigenvalue weighted by molar-refractivity contribution is 6.28. The summed E-state index contributed by atoms with van der Waals surface area (Å²) in [5.41, 5.74) is 1.01. The number of carbonyl (C=O) groups excluding carboxylic acids is 1. The molecular formula is C9H10ClN5O. The van der Waals surface area contributed by atoms with Crippen molar-refractivity contribution in [2.24, 2.45) is 0 Å².